The second-order valence-electron chi connectivity index (χ2n) is 9.53. The van der Waals surface area contributed by atoms with Crippen LogP contribution in [0.5, 0.6) is 5.75 Å². The van der Waals surface area contributed by atoms with Gasteiger partial charge in [-0.3, -0.25) is 4.79 Å². The Morgan fingerprint density at radius 1 is 0.800 bits per heavy atom. The van der Waals surface area contributed by atoms with Gasteiger partial charge >= 0.3 is 0 Å². The molecule has 0 aromatic heterocycles. The van der Waals surface area contributed by atoms with E-state index in [0.29, 0.717) is 5.56 Å². The molecule has 2 nitrogen and oxygen atoms in total. The second-order valence-corrected chi connectivity index (χ2v) is 13.0. The lowest BCUT2D eigenvalue weighted by Gasteiger charge is -2.22. The first-order valence-electron chi connectivity index (χ1n) is 11.8. The fourth-order valence-corrected chi connectivity index (χ4v) is 7.64. The van der Waals surface area contributed by atoms with Crippen LogP contribution in [0, 0.1) is 0 Å². The first kappa shape index (κ1) is 25.2. The molecule has 4 rings (SSSR count). The van der Waals surface area contributed by atoms with Gasteiger partial charge in [0.05, 0.1) is 5.56 Å². The second kappa shape index (κ2) is 11.2. The number of hydrogen-bond acceptors (Lipinski definition) is 3. The molecular formula is C31H31O2PS. The van der Waals surface area contributed by atoms with Crippen molar-refractivity contribution in [3.63, 3.8) is 0 Å². The summed E-state index contributed by atoms with van der Waals surface area (Å²) in [5, 5.41) is 13.3. The highest BCUT2D eigenvalue weighted by Gasteiger charge is 2.21. The summed E-state index contributed by atoms with van der Waals surface area (Å²) in [7, 11) is -0.391. The average molecular weight is 499 g/mol. The van der Waals surface area contributed by atoms with Crippen molar-refractivity contribution in [2.75, 3.05) is 11.9 Å². The van der Waals surface area contributed by atoms with Crippen LogP contribution in [-0.4, -0.2) is 23.3 Å². The zero-order valence-corrected chi connectivity index (χ0v) is 22.2. The highest BCUT2D eigenvalue weighted by molar-refractivity contribution is 7.99. The summed E-state index contributed by atoms with van der Waals surface area (Å²) in [6, 6.07) is 33.9. The van der Waals surface area contributed by atoms with Gasteiger partial charge in [0.15, 0.2) is 6.29 Å². The summed E-state index contributed by atoms with van der Waals surface area (Å²) in [5.41, 5.74) is 2.84. The van der Waals surface area contributed by atoms with Crippen LogP contribution in [0.3, 0.4) is 0 Å². The summed E-state index contributed by atoms with van der Waals surface area (Å²) >= 11 is 1.88. The Kier molecular flexibility index (Phi) is 8.11. The lowest BCUT2D eigenvalue weighted by molar-refractivity contribution is 0.112. The lowest BCUT2D eigenvalue weighted by Crippen LogP contribution is -2.14. The van der Waals surface area contributed by atoms with Crippen LogP contribution in [-0.2, 0) is 5.41 Å². The normalized spacial score (nSPS) is 11.5. The molecule has 4 aromatic carbocycles. The smallest absolute Gasteiger partial charge is 0.153 e. The first-order chi connectivity index (χ1) is 16.9. The lowest BCUT2D eigenvalue weighted by atomic mass is 9.83. The number of benzene rings is 4. The van der Waals surface area contributed by atoms with Crippen LogP contribution in [0.2, 0.25) is 0 Å². The maximum Gasteiger partial charge on any atom is 0.153 e. The van der Waals surface area contributed by atoms with Gasteiger partial charge in [0.2, 0.25) is 0 Å². The van der Waals surface area contributed by atoms with Crippen molar-refractivity contribution in [2.45, 2.75) is 31.1 Å². The Morgan fingerprint density at radius 3 is 1.89 bits per heavy atom. The zero-order chi connectivity index (χ0) is 24.8. The number of aldehydes is 1. The van der Waals surface area contributed by atoms with Crippen molar-refractivity contribution in [1.29, 1.82) is 0 Å². The molecule has 1 N–H and O–H groups in total. The molecule has 0 heterocycles. The number of aromatic hydroxyl groups is 1. The third kappa shape index (κ3) is 6.23. The minimum absolute atomic E-state index is 0.0803. The number of phenols is 1. The van der Waals surface area contributed by atoms with Crippen molar-refractivity contribution in [3.05, 3.63) is 108 Å². The number of phenolic OH excluding ortho intramolecular Hbond substituents is 1. The number of thioether (sulfide) groups is 1. The molecule has 0 amide bonds. The van der Waals surface area contributed by atoms with Gasteiger partial charge in [-0.2, -0.15) is 0 Å². The molecule has 0 aliphatic rings. The third-order valence-electron chi connectivity index (χ3n) is 5.98. The molecule has 0 spiro atoms. The van der Waals surface area contributed by atoms with Crippen molar-refractivity contribution in [1.82, 2.24) is 0 Å². The monoisotopic (exact) mass is 498 g/mol. The van der Waals surface area contributed by atoms with E-state index in [1.807, 2.05) is 38.6 Å². The SMILES string of the molecule is CC(C)(C)c1cc(-c2ccc(SCCP(c3ccccc3)c3ccccc3)cc2)cc(C=O)c1O. The first-order valence-corrected chi connectivity index (χ1v) is 14.3. The highest BCUT2D eigenvalue weighted by Crippen LogP contribution is 2.38. The van der Waals surface area contributed by atoms with E-state index < -0.39 is 7.92 Å². The Balaban J connectivity index is 1.49. The molecule has 4 aromatic rings. The van der Waals surface area contributed by atoms with Crippen molar-refractivity contribution in [3.8, 4) is 16.9 Å². The van der Waals surface area contributed by atoms with Crippen LogP contribution in [0.15, 0.2) is 102 Å². The van der Waals surface area contributed by atoms with Crippen LogP contribution < -0.4 is 10.6 Å². The van der Waals surface area contributed by atoms with Crippen LogP contribution >= 0.6 is 19.7 Å². The van der Waals surface area contributed by atoms with E-state index in [1.165, 1.54) is 15.5 Å². The largest absolute Gasteiger partial charge is 0.507 e. The van der Waals surface area contributed by atoms with Gasteiger partial charge in [0.1, 0.15) is 5.75 Å². The molecule has 4 heteroatoms. The van der Waals surface area contributed by atoms with E-state index in [-0.39, 0.29) is 11.2 Å². The van der Waals surface area contributed by atoms with Gasteiger partial charge in [0.25, 0.3) is 0 Å². The molecule has 0 saturated carbocycles. The Bertz CT molecular complexity index is 1220. The van der Waals surface area contributed by atoms with Crippen molar-refractivity contribution >= 4 is 36.6 Å². The highest BCUT2D eigenvalue weighted by atomic mass is 32.2. The zero-order valence-electron chi connectivity index (χ0n) is 20.4. The fraction of sp³-hybridized carbons (Fsp3) is 0.194. The predicted octanol–water partition coefficient (Wildman–Crippen LogP) is 7.39. The average Bonchev–Trinajstić information content (AvgIpc) is 2.87. The maximum absolute atomic E-state index is 11.6. The Hall–Kier alpha value is -2.87. The van der Waals surface area contributed by atoms with Crippen LogP contribution in [0.4, 0.5) is 0 Å². The van der Waals surface area contributed by atoms with Gasteiger partial charge in [-0.25, -0.2) is 0 Å². The topological polar surface area (TPSA) is 37.3 Å². The van der Waals surface area contributed by atoms with Crippen LogP contribution in [0.1, 0.15) is 36.7 Å². The van der Waals surface area contributed by atoms with Crippen LogP contribution in [0.25, 0.3) is 11.1 Å². The molecule has 178 valence electrons. The summed E-state index contributed by atoms with van der Waals surface area (Å²) < 4.78 is 0. The van der Waals surface area contributed by atoms with Crippen molar-refractivity contribution in [2.24, 2.45) is 0 Å². The minimum atomic E-state index is -0.391. The van der Waals surface area contributed by atoms with Gasteiger partial charge in [-0.1, -0.05) is 93.6 Å². The molecule has 0 saturated heterocycles. The fourth-order valence-electron chi connectivity index (χ4n) is 4.11. The molecule has 0 aliphatic carbocycles. The molecule has 35 heavy (non-hydrogen) atoms. The van der Waals surface area contributed by atoms with E-state index in [0.717, 1.165) is 34.9 Å². The number of carbonyl (C=O) groups is 1. The van der Waals surface area contributed by atoms with Gasteiger partial charge in [-0.05, 0) is 65.5 Å². The van der Waals surface area contributed by atoms with Gasteiger partial charge in [0, 0.05) is 16.2 Å². The molecular weight excluding hydrogens is 467 g/mol. The van der Waals surface area contributed by atoms with Gasteiger partial charge in [-0.15, -0.1) is 11.8 Å². The molecule has 0 aliphatic heterocycles. The van der Waals surface area contributed by atoms with E-state index in [9.17, 15) is 9.90 Å². The van der Waals surface area contributed by atoms with E-state index in [1.54, 1.807) is 6.07 Å². The van der Waals surface area contributed by atoms with E-state index in [4.69, 9.17) is 0 Å². The Morgan fingerprint density at radius 2 is 1.37 bits per heavy atom. The molecule has 0 radical (unpaired) electrons. The standard InChI is InChI=1S/C31H31O2PS/c1-31(2,3)29-21-24(20-25(22-32)30(29)33)23-14-16-28(17-15-23)35-19-18-34(26-10-6-4-7-11-26)27-12-8-5-9-13-27/h4-17,20-22,33H,18-19H2,1-3H3. The number of hydrogen-bond donors (Lipinski definition) is 1. The Labute approximate surface area is 214 Å². The summed E-state index contributed by atoms with van der Waals surface area (Å²) in [6.45, 7) is 6.12. The molecule has 0 atom stereocenters. The summed E-state index contributed by atoms with van der Waals surface area (Å²) in [5.74, 6) is 1.12. The molecule has 0 bridgehead atoms. The minimum Gasteiger partial charge on any atom is -0.507 e. The predicted molar refractivity (Wildman–Crippen MR) is 152 cm³/mol. The summed E-state index contributed by atoms with van der Waals surface area (Å²) in [4.78, 5) is 12.8. The third-order valence-corrected chi connectivity index (χ3v) is 9.81. The quantitative estimate of drug-likeness (QED) is 0.156. The van der Waals surface area contributed by atoms with E-state index in [2.05, 4.69) is 84.9 Å². The summed E-state index contributed by atoms with van der Waals surface area (Å²) in [6.07, 6.45) is 1.85. The maximum atomic E-state index is 11.6. The molecule has 0 unspecified atom stereocenters. The van der Waals surface area contributed by atoms with Gasteiger partial charge < -0.3 is 5.11 Å². The molecule has 0 fully saturated rings. The number of rotatable bonds is 8. The number of carbonyl (C=O) groups excluding carboxylic acids is 1. The van der Waals surface area contributed by atoms with E-state index >= 15 is 0 Å². The van der Waals surface area contributed by atoms with Crippen molar-refractivity contribution < 1.29 is 9.90 Å².